The molecule has 6 fully saturated rings. The first kappa shape index (κ1) is 40.5. The lowest BCUT2D eigenvalue weighted by atomic mass is 9.69. The van der Waals surface area contributed by atoms with Gasteiger partial charge >= 0.3 is 12.2 Å². The number of sulfonamides is 2. The molecule has 0 aromatic carbocycles. The van der Waals surface area contributed by atoms with Crippen LogP contribution in [-0.4, -0.2) is 93.4 Å². The van der Waals surface area contributed by atoms with Crippen molar-refractivity contribution in [2.75, 3.05) is 11.5 Å². The smallest absolute Gasteiger partial charge is 0.419 e. The van der Waals surface area contributed by atoms with Crippen molar-refractivity contribution >= 4 is 44.0 Å². The minimum atomic E-state index is -3.75. The fourth-order valence-corrected chi connectivity index (χ4v) is 16.4. The van der Waals surface area contributed by atoms with Gasteiger partial charge in [-0.1, -0.05) is 27.7 Å². The van der Waals surface area contributed by atoms with E-state index in [2.05, 4.69) is 27.7 Å². The first-order chi connectivity index (χ1) is 25.6. The molecule has 2 aromatic heterocycles. The van der Waals surface area contributed by atoms with Crippen molar-refractivity contribution in [2.45, 2.75) is 131 Å². The standard InChI is InChI=1S/2C20H28N2O5S/c2*1-18(2,3)27-17(24)21-10-6-7-14(21)16(23)22-15-11-13-8-9-20(15,19(13,4)5)12-28(22,25)26/h2*6-7,10,13,15H,8-9,11-12H2,1-5H3/t2*13-,15-,20-/m11/s1. The van der Waals surface area contributed by atoms with Crippen LogP contribution in [0.2, 0.25) is 0 Å². The molecule has 4 bridgehead atoms. The third-order valence-corrected chi connectivity index (χ3v) is 18.1. The molecule has 308 valence electrons. The summed E-state index contributed by atoms with van der Waals surface area (Å²) < 4.78 is 67.4. The number of carbonyl (C=O) groups is 4. The summed E-state index contributed by atoms with van der Waals surface area (Å²) >= 11 is 0. The lowest BCUT2D eigenvalue weighted by molar-refractivity contribution is 0.0507. The topological polar surface area (TPSA) is 171 Å². The quantitative estimate of drug-likeness (QED) is 0.326. The highest BCUT2D eigenvalue weighted by Crippen LogP contribution is 2.71. The Labute approximate surface area is 330 Å². The van der Waals surface area contributed by atoms with E-state index in [1.807, 2.05) is 0 Å². The van der Waals surface area contributed by atoms with Crippen molar-refractivity contribution < 1.29 is 45.5 Å². The van der Waals surface area contributed by atoms with Crippen LogP contribution in [0, 0.1) is 33.5 Å². The molecule has 8 rings (SSSR count). The van der Waals surface area contributed by atoms with Gasteiger partial charge in [0.05, 0.1) is 23.6 Å². The lowest BCUT2D eigenvalue weighted by Crippen LogP contribution is -2.45. The fourth-order valence-electron chi connectivity index (χ4n) is 11.4. The Kier molecular flexibility index (Phi) is 8.99. The molecule has 0 unspecified atom stereocenters. The molecule has 2 amide bonds. The maximum Gasteiger partial charge on any atom is 0.419 e. The van der Waals surface area contributed by atoms with E-state index in [4.69, 9.17) is 9.47 Å². The van der Waals surface area contributed by atoms with Crippen LogP contribution in [0.15, 0.2) is 36.7 Å². The Hall–Kier alpha value is -3.66. The normalized spacial score (nSPS) is 32.4. The Morgan fingerprint density at radius 2 is 0.964 bits per heavy atom. The fraction of sp³-hybridized carbons (Fsp3) is 0.700. The van der Waals surface area contributed by atoms with E-state index in [0.717, 1.165) is 43.4 Å². The van der Waals surface area contributed by atoms with Gasteiger partial charge < -0.3 is 9.47 Å². The van der Waals surface area contributed by atoms with E-state index < -0.39 is 66.1 Å². The number of aromatic nitrogens is 2. The molecule has 56 heavy (non-hydrogen) atoms. The second-order valence-electron chi connectivity index (χ2n) is 19.9. The largest absolute Gasteiger partial charge is 0.443 e. The SMILES string of the molecule is CC(C)(C)OC(=O)n1cccc1C(=O)N1[C@@H]2C[C@H]3CC[C@]2(CS1(=O)=O)C3(C)C.CC(C)(C)OC(=O)n1cccc1C(=O)N1[C@@H]2C[C@H]3CC[C@]2(CS1(=O)=O)C3(C)C. The molecule has 2 saturated heterocycles. The van der Waals surface area contributed by atoms with Crippen molar-refractivity contribution in [1.29, 1.82) is 0 Å². The van der Waals surface area contributed by atoms with Crippen LogP contribution < -0.4 is 0 Å². The van der Waals surface area contributed by atoms with Crippen molar-refractivity contribution in [2.24, 2.45) is 33.5 Å². The Morgan fingerprint density at radius 3 is 1.27 bits per heavy atom. The van der Waals surface area contributed by atoms with Crippen LogP contribution in [-0.2, 0) is 29.5 Å². The van der Waals surface area contributed by atoms with Gasteiger partial charge in [-0.3, -0.25) is 9.59 Å². The zero-order valence-electron chi connectivity index (χ0n) is 34.1. The van der Waals surface area contributed by atoms with Gasteiger partial charge in [0.1, 0.15) is 22.6 Å². The van der Waals surface area contributed by atoms with Gasteiger partial charge in [0.25, 0.3) is 11.8 Å². The van der Waals surface area contributed by atoms with Crippen LogP contribution >= 0.6 is 0 Å². The van der Waals surface area contributed by atoms with E-state index >= 15 is 0 Å². The molecule has 2 spiro atoms. The average molecular weight is 817 g/mol. The highest BCUT2D eigenvalue weighted by Gasteiger charge is 2.73. The molecule has 2 aromatic rings. The maximum absolute atomic E-state index is 13.4. The van der Waals surface area contributed by atoms with Gasteiger partial charge in [-0.25, -0.2) is 44.2 Å². The Bertz CT molecular complexity index is 2070. The molecule has 14 nitrogen and oxygen atoms in total. The average Bonchev–Trinajstić information content (AvgIpc) is 3.90. The molecular weight excluding hydrogens is 761 g/mol. The molecule has 2 aliphatic heterocycles. The number of hydrogen-bond donors (Lipinski definition) is 0. The number of ether oxygens (including phenoxy) is 2. The summed E-state index contributed by atoms with van der Waals surface area (Å²) in [5.41, 5.74) is -2.42. The monoisotopic (exact) mass is 816 g/mol. The maximum atomic E-state index is 13.4. The minimum absolute atomic E-state index is 0.00700. The van der Waals surface area contributed by atoms with E-state index in [1.54, 1.807) is 53.7 Å². The van der Waals surface area contributed by atoms with Crippen molar-refractivity contribution in [3.05, 3.63) is 48.0 Å². The molecule has 6 aliphatic rings. The summed E-state index contributed by atoms with van der Waals surface area (Å²) in [7, 11) is -7.49. The summed E-state index contributed by atoms with van der Waals surface area (Å²) in [4.78, 5) is 51.7. The van der Waals surface area contributed by atoms with Crippen LogP contribution in [0.3, 0.4) is 0 Å². The first-order valence-electron chi connectivity index (χ1n) is 19.5. The van der Waals surface area contributed by atoms with Gasteiger partial charge in [-0.15, -0.1) is 0 Å². The number of nitrogens with zero attached hydrogens (tertiary/aromatic N) is 4. The Morgan fingerprint density at radius 1 is 0.625 bits per heavy atom. The van der Waals surface area contributed by atoms with Crippen LogP contribution in [0.25, 0.3) is 0 Å². The van der Waals surface area contributed by atoms with Gasteiger partial charge in [0.2, 0.25) is 20.0 Å². The second kappa shape index (κ2) is 12.4. The molecular formula is C40H56N4O10S2. The summed E-state index contributed by atoms with van der Waals surface area (Å²) in [5.74, 6) is -0.427. The van der Waals surface area contributed by atoms with Crippen molar-refractivity contribution in [3.63, 3.8) is 0 Å². The van der Waals surface area contributed by atoms with E-state index in [9.17, 15) is 36.0 Å². The molecule has 6 atom stereocenters. The Balaban J connectivity index is 0.000000172. The highest BCUT2D eigenvalue weighted by molar-refractivity contribution is 7.90. The van der Waals surface area contributed by atoms with Crippen LogP contribution in [0.5, 0.6) is 0 Å². The molecule has 0 radical (unpaired) electrons. The van der Waals surface area contributed by atoms with Crippen molar-refractivity contribution in [3.8, 4) is 0 Å². The number of amides is 2. The highest BCUT2D eigenvalue weighted by atomic mass is 32.2. The zero-order chi connectivity index (χ0) is 41.4. The van der Waals surface area contributed by atoms with Gasteiger partial charge in [0.15, 0.2) is 0 Å². The number of hydrogen-bond acceptors (Lipinski definition) is 10. The third-order valence-electron chi connectivity index (χ3n) is 14.3. The van der Waals surface area contributed by atoms with Crippen molar-refractivity contribution in [1.82, 2.24) is 17.7 Å². The minimum Gasteiger partial charge on any atom is -0.443 e. The van der Waals surface area contributed by atoms with Gasteiger partial charge in [-0.05, 0) is 127 Å². The molecule has 4 saturated carbocycles. The lowest BCUT2D eigenvalue weighted by Gasteiger charge is -2.37. The number of rotatable bonds is 2. The van der Waals surface area contributed by atoms with E-state index in [-0.39, 0.29) is 45.8 Å². The zero-order valence-corrected chi connectivity index (χ0v) is 35.8. The number of fused-ring (bicyclic) bond motifs is 2. The summed E-state index contributed by atoms with van der Waals surface area (Å²) in [6, 6.07) is 5.40. The summed E-state index contributed by atoms with van der Waals surface area (Å²) in [6.45, 7) is 19.0. The molecule has 4 aliphatic carbocycles. The predicted octanol–water partition coefficient (Wildman–Crippen LogP) is 6.50. The molecule has 4 heterocycles. The predicted molar refractivity (Wildman–Crippen MR) is 207 cm³/mol. The van der Waals surface area contributed by atoms with Gasteiger partial charge in [-0.2, -0.15) is 0 Å². The van der Waals surface area contributed by atoms with Gasteiger partial charge in [0, 0.05) is 23.2 Å². The second-order valence-corrected chi connectivity index (χ2v) is 23.6. The summed E-state index contributed by atoms with van der Waals surface area (Å²) in [5, 5.41) is 0. The van der Waals surface area contributed by atoms with Crippen LogP contribution in [0.1, 0.15) is 129 Å². The first-order valence-corrected chi connectivity index (χ1v) is 22.8. The summed E-state index contributed by atoms with van der Waals surface area (Å²) in [6.07, 6.45) is 6.55. The van der Waals surface area contributed by atoms with Crippen LogP contribution in [0.4, 0.5) is 9.59 Å². The van der Waals surface area contributed by atoms with E-state index in [1.165, 1.54) is 24.5 Å². The number of carbonyl (C=O) groups excluding carboxylic acids is 4. The van der Waals surface area contributed by atoms with E-state index in [0.29, 0.717) is 24.7 Å². The molecule has 0 N–H and O–H groups in total. The molecule has 16 heteroatoms. The third kappa shape index (κ3) is 5.88.